The van der Waals surface area contributed by atoms with Crippen LogP contribution in [0.1, 0.15) is 76.9 Å². The number of phenols is 1. The summed E-state index contributed by atoms with van der Waals surface area (Å²) in [5.41, 5.74) is -3.50. The number of carbonyl (C=O) groups is 3. The Bertz CT molecular complexity index is 1630. The number of allylic oxidation sites excluding steroid dienone is 5. The first-order valence-electron chi connectivity index (χ1n) is 14.9. The second-order valence-corrected chi connectivity index (χ2v) is 11.8. The Hall–Kier alpha value is -3.93. The summed E-state index contributed by atoms with van der Waals surface area (Å²) in [6, 6.07) is 4.04. The van der Waals surface area contributed by atoms with Gasteiger partial charge < -0.3 is 25.0 Å². The van der Waals surface area contributed by atoms with Crippen molar-refractivity contribution < 1.29 is 47.2 Å². The van der Waals surface area contributed by atoms with Crippen molar-refractivity contribution in [3.05, 3.63) is 92.8 Å². The van der Waals surface area contributed by atoms with E-state index < -0.39 is 57.2 Å². The van der Waals surface area contributed by atoms with E-state index in [2.05, 4.69) is 5.32 Å². The Morgan fingerprint density at radius 1 is 0.913 bits per heavy atom. The second kappa shape index (κ2) is 15.1. The van der Waals surface area contributed by atoms with Crippen LogP contribution in [0.4, 0.5) is 13.2 Å². The number of hydrogen-bond donors (Lipinski definition) is 3. The van der Waals surface area contributed by atoms with E-state index in [0.29, 0.717) is 30.2 Å². The molecule has 0 fully saturated rings. The summed E-state index contributed by atoms with van der Waals surface area (Å²) < 4.78 is 58.1. The number of alkyl halides is 1. The highest BCUT2D eigenvalue weighted by Gasteiger charge is 2.42. The minimum atomic E-state index is -1.97. The molecule has 8 nitrogen and oxygen atoms in total. The zero-order chi connectivity index (χ0) is 33.6. The normalized spacial score (nSPS) is 15.0. The number of ketones is 1. The molecule has 2 aliphatic rings. The molecule has 0 spiro atoms. The first-order chi connectivity index (χ1) is 21.9. The monoisotopic (exact) mass is 661 g/mol. The lowest BCUT2D eigenvalue weighted by molar-refractivity contribution is -0.110. The molecule has 4 rings (SSSR count). The third-order valence-electron chi connectivity index (χ3n) is 7.97. The van der Waals surface area contributed by atoms with Gasteiger partial charge in [-0.3, -0.25) is 9.59 Å². The van der Waals surface area contributed by atoms with E-state index in [9.17, 15) is 24.6 Å². The SMILES string of the molecule is CC1(C)C2=CC(=O)C=CC2=C(c2c(F)c(C(=O)NCCOCCOCCCCCCCl)c(F)c(F)c2C(=O)O)c2ccc(O)cc21. The maximum atomic E-state index is 16.4. The van der Waals surface area contributed by atoms with Gasteiger partial charge in [-0.15, -0.1) is 11.6 Å². The fourth-order valence-corrected chi connectivity index (χ4v) is 5.87. The summed E-state index contributed by atoms with van der Waals surface area (Å²) >= 11 is 5.64. The highest BCUT2D eigenvalue weighted by molar-refractivity contribution is 6.17. The third-order valence-corrected chi connectivity index (χ3v) is 8.23. The minimum absolute atomic E-state index is 0.0369. The van der Waals surface area contributed by atoms with Gasteiger partial charge in [0.2, 0.25) is 0 Å². The van der Waals surface area contributed by atoms with Crippen molar-refractivity contribution in [2.75, 3.05) is 38.9 Å². The Labute approximate surface area is 269 Å². The quantitative estimate of drug-likeness (QED) is 0.118. The fraction of sp³-hybridized carbons (Fsp3) is 0.382. The summed E-state index contributed by atoms with van der Waals surface area (Å²) in [5, 5.41) is 22.5. The van der Waals surface area contributed by atoms with Crippen LogP contribution in [0.15, 0.2) is 47.6 Å². The van der Waals surface area contributed by atoms with E-state index in [0.717, 1.165) is 25.7 Å². The molecular weight excluding hydrogens is 627 g/mol. The van der Waals surface area contributed by atoms with E-state index in [-0.39, 0.29) is 42.2 Å². The number of ether oxygens (including phenoxy) is 2. The molecule has 2 aliphatic carbocycles. The number of fused-ring (bicyclic) bond motifs is 2. The largest absolute Gasteiger partial charge is 0.508 e. The smallest absolute Gasteiger partial charge is 0.339 e. The molecule has 46 heavy (non-hydrogen) atoms. The average molecular weight is 662 g/mol. The van der Waals surface area contributed by atoms with Crippen molar-refractivity contribution in [1.82, 2.24) is 5.32 Å². The number of halogens is 4. The lowest BCUT2D eigenvalue weighted by Crippen LogP contribution is -2.32. The molecular formula is C34H35ClF3NO7. The number of benzene rings is 2. The van der Waals surface area contributed by atoms with Crippen molar-refractivity contribution in [3.63, 3.8) is 0 Å². The van der Waals surface area contributed by atoms with Gasteiger partial charge in [-0.2, -0.15) is 0 Å². The molecule has 2 aromatic rings. The first-order valence-corrected chi connectivity index (χ1v) is 15.4. The molecule has 246 valence electrons. The molecule has 0 aromatic heterocycles. The number of aromatic carboxylic acids is 1. The lowest BCUT2D eigenvalue weighted by Gasteiger charge is -2.39. The molecule has 0 saturated heterocycles. The van der Waals surface area contributed by atoms with Crippen molar-refractivity contribution in [3.8, 4) is 5.75 Å². The maximum absolute atomic E-state index is 16.4. The molecule has 0 radical (unpaired) electrons. The van der Waals surface area contributed by atoms with Gasteiger partial charge in [0.05, 0.1) is 19.8 Å². The molecule has 12 heteroatoms. The van der Waals surface area contributed by atoms with Crippen LogP contribution in [-0.4, -0.2) is 66.7 Å². The lowest BCUT2D eigenvalue weighted by atomic mass is 9.64. The molecule has 0 unspecified atom stereocenters. The maximum Gasteiger partial charge on any atom is 0.339 e. The Morgan fingerprint density at radius 2 is 1.59 bits per heavy atom. The van der Waals surface area contributed by atoms with Gasteiger partial charge in [0.1, 0.15) is 22.7 Å². The van der Waals surface area contributed by atoms with Gasteiger partial charge in [-0.25, -0.2) is 18.0 Å². The van der Waals surface area contributed by atoms with Gasteiger partial charge in [0.15, 0.2) is 17.4 Å². The molecule has 3 N–H and O–H groups in total. The summed E-state index contributed by atoms with van der Waals surface area (Å²) in [4.78, 5) is 37.7. The number of rotatable bonds is 15. The van der Waals surface area contributed by atoms with E-state index in [1.807, 2.05) is 0 Å². The second-order valence-electron chi connectivity index (χ2n) is 11.4. The van der Waals surface area contributed by atoms with Gasteiger partial charge in [0, 0.05) is 35.6 Å². The van der Waals surface area contributed by atoms with Crippen LogP contribution in [0.3, 0.4) is 0 Å². The molecule has 0 bridgehead atoms. The standard InChI is InChI=1S/C34H35ClF3NO7/c1-34(2)23-17-19(40)7-9-21(23)25(22-10-8-20(41)18-24(22)34)26-27(33(43)44)30(37)31(38)28(29(26)36)32(42)39-12-14-46-16-15-45-13-6-4-3-5-11-35/h7-10,17-18,40H,3-6,11-16H2,1-2H3,(H,39,42)(H,43,44). The highest BCUT2D eigenvalue weighted by atomic mass is 35.5. The number of unbranched alkanes of at least 4 members (excludes halogenated alkanes) is 3. The Morgan fingerprint density at radius 3 is 2.28 bits per heavy atom. The number of carbonyl (C=O) groups excluding carboxylic acids is 2. The van der Waals surface area contributed by atoms with Gasteiger partial charge in [0.25, 0.3) is 5.91 Å². The van der Waals surface area contributed by atoms with Gasteiger partial charge in [-0.1, -0.05) is 38.8 Å². The summed E-state index contributed by atoms with van der Waals surface area (Å²) in [5.74, 6) is -8.70. The van der Waals surface area contributed by atoms with Crippen LogP contribution in [0.25, 0.3) is 5.57 Å². The number of amides is 1. The molecule has 2 aromatic carbocycles. The van der Waals surface area contributed by atoms with Crippen LogP contribution in [0.5, 0.6) is 5.75 Å². The summed E-state index contributed by atoms with van der Waals surface area (Å²) in [6.45, 7) is 4.35. The number of hydrogen-bond acceptors (Lipinski definition) is 6. The minimum Gasteiger partial charge on any atom is -0.508 e. The predicted octanol–water partition coefficient (Wildman–Crippen LogP) is 6.23. The Balaban J connectivity index is 1.63. The molecule has 0 saturated carbocycles. The highest BCUT2D eigenvalue weighted by Crippen LogP contribution is 2.51. The molecule has 0 atom stereocenters. The zero-order valence-corrected chi connectivity index (χ0v) is 26.2. The van der Waals surface area contributed by atoms with E-state index in [1.165, 1.54) is 36.4 Å². The average Bonchev–Trinajstić information content (AvgIpc) is 3.00. The number of phenolic OH excluding ortho intramolecular Hbond substituents is 1. The number of carboxylic acids is 1. The van der Waals surface area contributed by atoms with Crippen molar-refractivity contribution >= 4 is 34.8 Å². The zero-order valence-electron chi connectivity index (χ0n) is 25.5. The van der Waals surface area contributed by atoms with Gasteiger partial charge in [-0.05, 0) is 59.4 Å². The molecule has 0 aliphatic heterocycles. The summed E-state index contributed by atoms with van der Waals surface area (Å²) in [7, 11) is 0. The Kier molecular flexibility index (Phi) is 11.5. The number of carboxylic acid groups (broad SMARTS) is 1. The van der Waals surface area contributed by atoms with E-state index in [1.54, 1.807) is 13.8 Å². The van der Waals surface area contributed by atoms with E-state index in [4.69, 9.17) is 21.1 Å². The third kappa shape index (κ3) is 7.22. The van der Waals surface area contributed by atoms with E-state index >= 15 is 13.2 Å². The van der Waals surface area contributed by atoms with Crippen molar-refractivity contribution in [1.29, 1.82) is 0 Å². The van der Waals surface area contributed by atoms with Gasteiger partial charge >= 0.3 is 5.97 Å². The van der Waals surface area contributed by atoms with Crippen LogP contribution < -0.4 is 5.32 Å². The van der Waals surface area contributed by atoms with Crippen molar-refractivity contribution in [2.45, 2.75) is 44.9 Å². The van der Waals surface area contributed by atoms with Crippen LogP contribution in [-0.2, 0) is 19.7 Å². The molecule has 0 heterocycles. The van der Waals surface area contributed by atoms with Crippen LogP contribution in [0, 0.1) is 17.5 Å². The number of aromatic hydroxyl groups is 1. The van der Waals surface area contributed by atoms with Crippen molar-refractivity contribution in [2.24, 2.45) is 0 Å². The molecule has 1 amide bonds. The van der Waals surface area contributed by atoms with Crippen LogP contribution in [0.2, 0.25) is 0 Å². The van der Waals surface area contributed by atoms with Crippen LogP contribution >= 0.6 is 11.6 Å². The fourth-order valence-electron chi connectivity index (χ4n) is 5.68. The summed E-state index contributed by atoms with van der Waals surface area (Å²) in [6.07, 6.45) is 7.68. The first kappa shape index (κ1) is 34.9. The predicted molar refractivity (Wildman–Crippen MR) is 166 cm³/mol. The topological polar surface area (TPSA) is 122 Å². The number of nitrogens with one attached hydrogen (secondary N) is 1.